The van der Waals surface area contributed by atoms with Gasteiger partial charge in [0.15, 0.2) is 11.6 Å². The van der Waals surface area contributed by atoms with E-state index in [9.17, 15) is 19.6 Å². The molecule has 0 spiro atoms. The molecule has 0 bridgehead atoms. The molecule has 66 heavy (non-hydrogen) atoms. The van der Waals surface area contributed by atoms with Gasteiger partial charge in [0.2, 0.25) is 17.7 Å². The number of imide groups is 1. The first-order valence-electron chi connectivity index (χ1n) is 23.5. The minimum Gasteiger partial charge on any atom is -0.373 e. The molecule has 4 aromatic heterocycles. The molecule has 1 atom stereocenters. The zero-order valence-electron chi connectivity index (χ0n) is 37.2. The van der Waals surface area contributed by atoms with Crippen molar-refractivity contribution in [2.75, 3.05) is 54.4 Å². The topological polar surface area (TPSA) is 182 Å². The fraction of sp³-hybridized carbons (Fsp3) is 0.500. The minimum atomic E-state index is -0.731. The Balaban J connectivity index is 0.762. The number of nitrogens with zero attached hydrogens (tertiary/aromatic N) is 10. The van der Waals surface area contributed by atoms with Crippen LogP contribution in [0.4, 0.5) is 26.0 Å². The molecule has 5 aromatic rings. The average molecular weight is 900 g/mol. The van der Waals surface area contributed by atoms with Crippen LogP contribution in [0.2, 0.25) is 0 Å². The predicted octanol–water partition coefficient (Wildman–Crippen LogP) is 5.99. The van der Waals surface area contributed by atoms with Crippen molar-refractivity contribution in [2.45, 2.75) is 108 Å². The summed E-state index contributed by atoms with van der Waals surface area (Å²) in [5.74, 6) is -1.19. The molecular formula is C48H55F2N13O3. The highest BCUT2D eigenvalue weighted by molar-refractivity contribution is 6.01. The number of carbonyl (C=O) groups excluding carboxylic acids is 3. The van der Waals surface area contributed by atoms with Gasteiger partial charge in [0.25, 0.3) is 0 Å². The number of carbonyl (C=O) groups is 3. The van der Waals surface area contributed by atoms with Gasteiger partial charge in [0, 0.05) is 87.0 Å². The number of halogens is 2. The van der Waals surface area contributed by atoms with Crippen molar-refractivity contribution >= 4 is 40.4 Å². The molecule has 344 valence electrons. The average Bonchev–Trinajstić information content (AvgIpc) is 3.99. The summed E-state index contributed by atoms with van der Waals surface area (Å²) in [7, 11) is 0. The van der Waals surface area contributed by atoms with Gasteiger partial charge in [-0.3, -0.25) is 29.3 Å². The molecule has 3 N–H and O–H groups in total. The maximum Gasteiger partial charge on any atom is 0.249 e. The predicted molar refractivity (Wildman–Crippen MR) is 243 cm³/mol. The Morgan fingerprint density at radius 3 is 2.27 bits per heavy atom. The second kappa shape index (κ2) is 18.1. The van der Waals surface area contributed by atoms with Gasteiger partial charge in [-0.15, -0.1) is 0 Å². The normalized spacial score (nSPS) is 22.7. The van der Waals surface area contributed by atoms with Crippen LogP contribution in [-0.4, -0.2) is 109 Å². The van der Waals surface area contributed by atoms with E-state index in [0.29, 0.717) is 60.7 Å². The van der Waals surface area contributed by atoms with E-state index in [1.807, 2.05) is 41.6 Å². The van der Waals surface area contributed by atoms with Crippen LogP contribution in [0.15, 0.2) is 55.2 Å². The third kappa shape index (κ3) is 8.44. The van der Waals surface area contributed by atoms with Gasteiger partial charge < -0.3 is 20.4 Å². The number of benzene rings is 1. The van der Waals surface area contributed by atoms with Gasteiger partial charge in [-0.25, -0.2) is 23.3 Å². The molecule has 3 aliphatic heterocycles. The van der Waals surface area contributed by atoms with Crippen LogP contribution in [0.25, 0.3) is 28.0 Å². The van der Waals surface area contributed by atoms with E-state index in [4.69, 9.17) is 15.1 Å². The number of piperidine rings is 2. The summed E-state index contributed by atoms with van der Waals surface area (Å²) in [6, 6.07) is 8.86. The van der Waals surface area contributed by atoms with Crippen LogP contribution in [0.5, 0.6) is 0 Å². The van der Waals surface area contributed by atoms with E-state index in [0.717, 1.165) is 87.8 Å². The van der Waals surface area contributed by atoms with Gasteiger partial charge in [-0.1, -0.05) is 6.92 Å². The zero-order chi connectivity index (χ0) is 45.5. The number of nitriles is 1. The Kier molecular flexibility index (Phi) is 11.9. The van der Waals surface area contributed by atoms with Crippen LogP contribution < -0.4 is 25.8 Å². The van der Waals surface area contributed by atoms with Crippen LogP contribution in [-0.2, 0) is 14.4 Å². The number of pyridine rings is 1. The summed E-state index contributed by atoms with van der Waals surface area (Å²) < 4.78 is 34.5. The second-order valence-electron chi connectivity index (χ2n) is 18.7. The first-order chi connectivity index (χ1) is 32.1. The standard InChI is InChI=1S/C48H55F2N13O3/c1-2-48(47(66)56-33-4-3-5-33)14-16-60(17-15-48)41-12-6-30(25-52-41)43-44-31(24-51)26-54-63(44)29-40(57-43)32-27-53-62(28-32)36-9-7-35(8-10-36)59-18-20-61(21-19-59)45-37(49)22-34(23-38(45)50)55-39-11-13-42(64)58-46(39)65/h6,12,22-23,25-29,33,35-36,39,55H,2-5,7-11,13-21H2,1H3,(H,56,66)(H,58,64,65)/t35-,36-,39-/m1/s1. The first kappa shape index (κ1) is 43.4. The highest BCUT2D eigenvalue weighted by atomic mass is 19.1. The fourth-order valence-electron chi connectivity index (χ4n) is 10.6. The number of hydrogen-bond acceptors (Lipinski definition) is 12. The van der Waals surface area contributed by atoms with E-state index in [1.54, 1.807) is 15.6 Å². The number of hydrogen-bond donors (Lipinski definition) is 3. The Morgan fingerprint density at radius 1 is 0.879 bits per heavy atom. The summed E-state index contributed by atoms with van der Waals surface area (Å²) in [5, 5.41) is 27.7. The highest BCUT2D eigenvalue weighted by Gasteiger charge is 2.41. The third-order valence-corrected chi connectivity index (χ3v) is 15.0. The molecule has 0 unspecified atom stereocenters. The molecule has 2 aliphatic carbocycles. The molecule has 5 fully saturated rings. The first-order valence-corrected chi connectivity index (χ1v) is 23.5. The lowest BCUT2D eigenvalue weighted by Gasteiger charge is -2.42. The molecule has 18 heteroatoms. The van der Waals surface area contributed by atoms with Crippen molar-refractivity contribution in [3.63, 3.8) is 0 Å². The minimum absolute atomic E-state index is 0.0613. The molecule has 5 aliphatic rings. The third-order valence-electron chi connectivity index (χ3n) is 15.0. The molecular weight excluding hydrogens is 845 g/mol. The van der Waals surface area contributed by atoms with Crippen molar-refractivity contribution in [3.05, 3.63) is 72.4 Å². The Hall–Kier alpha value is -6.48. The molecule has 2 saturated carbocycles. The molecule has 1 aromatic carbocycles. The van der Waals surface area contributed by atoms with Crippen LogP contribution in [0.3, 0.4) is 0 Å². The monoisotopic (exact) mass is 899 g/mol. The molecule has 3 saturated heterocycles. The fourth-order valence-corrected chi connectivity index (χ4v) is 10.6. The molecule has 0 radical (unpaired) electrons. The smallest absolute Gasteiger partial charge is 0.249 e. The van der Waals surface area contributed by atoms with E-state index >= 15 is 8.78 Å². The number of aromatic nitrogens is 6. The number of amides is 3. The summed E-state index contributed by atoms with van der Waals surface area (Å²) in [4.78, 5) is 53.4. The lowest BCUT2D eigenvalue weighted by molar-refractivity contribution is -0.134. The van der Waals surface area contributed by atoms with Gasteiger partial charge in [0.1, 0.15) is 34.7 Å². The van der Waals surface area contributed by atoms with Crippen molar-refractivity contribution in [3.8, 4) is 28.6 Å². The van der Waals surface area contributed by atoms with E-state index in [-0.39, 0.29) is 47.5 Å². The summed E-state index contributed by atoms with van der Waals surface area (Å²) in [6.07, 6.45) is 19.0. The maximum atomic E-state index is 15.4. The lowest BCUT2D eigenvalue weighted by Crippen LogP contribution is -2.52. The quantitative estimate of drug-likeness (QED) is 0.132. The van der Waals surface area contributed by atoms with E-state index in [2.05, 4.69) is 43.8 Å². The van der Waals surface area contributed by atoms with Crippen LogP contribution in [0, 0.1) is 28.4 Å². The van der Waals surface area contributed by atoms with Crippen molar-refractivity contribution < 1.29 is 23.2 Å². The van der Waals surface area contributed by atoms with Crippen molar-refractivity contribution in [1.82, 2.24) is 44.9 Å². The van der Waals surface area contributed by atoms with Gasteiger partial charge in [0.05, 0.1) is 41.4 Å². The molecule has 10 rings (SSSR count). The van der Waals surface area contributed by atoms with Gasteiger partial charge in [-0.2, -0.15) is 15.5 Å². The maximum absolute atomic E-state index is 15.4. The van der Waals surface area contributed by atoms with Crippen LogP contribution in [0.1, 0.15) is 95.6 Å². The number of piperazine rings is 1. The van der Waals surface area contributed by atoms with E-state index < -0.39 is 23.6 Å². The Morgan fingerprint density at radius 2 is 1.62 bits per heavy atom. The summed E-state index contributed by atoms with van der Waals surface area (Å²) >= 11 is 0. The summed E-state index contributed by atoms with van der Waals surface area (Å²) in [5.41, 5.74) is 3.67. The number of anilines is 3. The molecule has 16 nitrogen and oxygen atoms in total. The Bertz CT molecular complexity index is 2640. The molecule has 7 heterocycles. The molecule has 3 amide bonds. The second-order valence-corrected chi connectivity index (χ2v) is 18.7. The SMILES string of the molecule is CCC1(C(=O)NC2CCC2)CCN(c2ccc(-c3nc(-c4cnn([C@H]5CC[C@H](N6CCN(c7c(F)cc(N[C@@H]8CCC(=O)NC8=O)cc7F)CC6)CC5)c4)cn4ncc(C#N)c34)cn2)CC1. The lowest BCUT2D eigenvalue weighted by atomic mass is 9.74. The summed E-state index contributed by atoms with van der Waals surface area (Å²) in [6.45, 7) is 5.96. The Labute approximate surface area is 381 Å². The number of rotatable bonds is 11. The number of nitrogens with one attached hydrogen (secondary N) is 3. The van der Waals surface area contributed by atoms with E-state index in [1.165, 1.54) is 18.6 Å². The van der Waals surface area contributed by atoms with Crippen molar-refractivity contribution in [1.29, 1.82) is 5.26 Å². The zero-order valence-corrected chi connectivity index (χ0v) is 37.2. The largest absolute Gasteiger partial charge is 0.373 e. The van der Waals surface area contributed by atoms with Crippen molar-refractivity contribution in [2.24, 2.45) is 5.41 Å². The van der Waals surface area contributed by atoms with Gasteiger partial charge >= 0.3 is 0 Å². The number of fused-ring (bicyclic) bond motifs is 1. The van der Waals surface area contributed by atoms with Gasteiger partial charge in [-0.05, 0) is 94.9 Å². The van der Waals surface area contributed by atoms with Crippen LogP contribution >= 0.6 is 0 Å². The highest BCUT2D eigenvalue weighted by Crippen LogP contribution is 2.39.